The monoisotopic (exact) mass is 271 g/mol. The lowest BCUT2D eigenvalue weighted by Gasteiger charge is -2.32. The zero-order valence-corrected chi connectivity index (χ0v) is 11.3. The van der Waals surface area contributed by atoms with Gasteiger partial charge in [0.05, 0.1) is 5.92 Å². The number of rotatable bonds is 3. The average Bonchev–Trinajstić information content (AvgIpc) is 2.46. The van der Waals surface area contributed by atoms with Gasteiger partial charge in [0.15, 0.2) is 0 Å². The molecule has 2 rings (SSSR count). The van der Waals surface area contributed by atoms with E-state index >= 15 is 0 Å². The van der Waals surface area contributed by atoms with Crippen LogP contribution in [0, 0.1) is 5.92 Å². The molecule has 1 aliphatic rings. The largest absolute Gasteiger partial charge is 0.481 e. The Balaban J connectivity index is 2.31. The van der Waals surface area contributed by atoms with E-state index in [9.17, 15) is 14.7 Å². The second kappa shape index (κ2) is 6.19. The van der Waals surface area contributed by atoms with Crippen molar-refractivity contribution in [3.8, 4) is 0 Å². The van der Waals surface area contributed by atoms with Gasteiger partial charge in [0.1, 0.15) is 0 Å². The second-order valence-corrected chi connectivity index (χ2v) is 4.70. The summed E-state index contributed by atoms with van der Waals surface area (Å²) in [7, 11) is 0. The molecule has 4 nitrogen and oxygen atoms in total. The van der Waals surface area contributed by atoms with Crippen molar-refractivity contribution in [3.05, 3.63) is 54.1 Å². The maximum absolute atomic E-state index is 12.2. The first-order chi connectivity index (χ1) is 9.63. The number of carboxylic acid groups (broad SMARTS) is 1. The molecule has 1 N–H and O–H groups in total. The van der Waals surface area contributed by atoms with Crippen LogP contribution in [0.25, 0.3) is 0 Å². The highest BCUT2D eigenvalue weighted by atomic mass is 16.4. The number of benzene rings is 1. The number of para-hydroxylation sites is 1. The van der Waals surface area contributed by atoms with Crippen molar-refractivity contribution in [2.24, 2.45) is 5.92 Å². The molecule has 1 aliphatic heterocycles. The molecular weight excluding hydrogens is 254 g/mol. The number of allylic oxidation sites excluding steroid dienone is 3. The van der Waals surface area contributed by atoms with Crippen LogP contribution in [0.4, 0.5) is 5.69 Å². The van der Waals surface area contributed by atoms with Gasteiger partial charge in [0.2, 0.25) is 0 Å². The van der Waals surface area contributed by atoms with Crippen molar-refractivity contribution in [3.63, 3.8) is 0 Å². The lowest BCUT2D eigenvalue weighted by Crippen LogP contribution is -2.41. The first-order valence-electron chi connectivity index (χ1n) is 6.55. The number of hydrogen-bond acceptors (Lipinski definition) is 2. The fourth-order valence-corrected chi connectivity index (χ4v) is 2.31. The minimum absolute atomic E-state index is 0.193. The molecule has 0 bridgehead atoms. The lowest BCUT2D eigenvalue weighted by atomic mass is 9.92. The molecule has 0 radical (unpaired) electrons. The molecule has 1 aromatic carbocycles. The van der Waals surface area contributed by atoms with Crippen molar-refractivity contribution in [1.82, 2.24) is 0 Å². The lowest BCUT2D eigenvalue weighted by molar-refractivity contribution is -0.141. The van der Waals surface area contributed by atoms with Gasteiger partial charge in [-0.25, -0.2) is 0 Å². The number of aliphatic carboxylic acids is 1. The summed E-state index contributed by atoms with van der Waals surface area (Å²) in [6.07, 6.45) is 7.18. The van der Waals surface area contributed by atoms with Crippen molar-refractivity contribution in [2.45, 2.75) is 13.3 Å². The zero-order valence-electron chi connectivity index (χ0n) is 11.3. The summed E-state index contributed by atoms with van der Waals surface area (Å²) in [5.41, 5.74) is 1.71. The van der Waals surface area contributed by atoms with Crippen LogP contribution in [0.1, 0.15) is 12.5 Å². The third-order valence-electron chi connectivity index (χ3n) is 3.31. The highest BCUT2D eigenvalue weighted by Gasteiger charge is 2.31. The molecule has 1 amide bonds. The third kappa shape index (κ3) is 2.96. The van der Waals surface area contributed by atoms with Gasteiger partial charge in [-0.05, 0) is 25.0 Å². The van der Waals surface area contributed by atoms with Crippen LogP contribution >= 0.6 is 0 Å². The van der Waals surface area contributed by atoms with E-state index in [-0.39, 0.29) is 12.5 Å². The molecule has 0 aliphatic carbocycles. The van der Waals surface area contributed by atoms with Gasteiger partial charge in [0.25, 0.3) is 5.91 Å². The van der Waals surface area contributed by atoms with E-state index in [0.29, 0.717) is 6.42 Å². The number of amides is 1. The first kappa shape index (κ1) is 14.1. The van der Waals surface area contributed by atoms with E-state index in [4.69, 9.17) is 0 Å². The Kier molecular flexibility index (Phi) is 4.35. The molecule has 1 unspecified atom stereocenters. The van der Waals surface area contributed by atoms with Crippen molar-refractivity contribution in [1.29, 1.82) is 0 Å². The average molecular weight is 271 g/mol. The Bertz CT molecular complexity index is 575. The number of fused-ring (bicyclic) bond motifs is 1. The molecule has 1 atom stereocenters. The van der Waals surface area contributed by atoms with E-state index in [1.165, 1.54) is 11.0 Å². The molecule has 0 saturated heterocycles. The minimum atomic E-state index is -0.866. The van der Waals surface area contributed by atoms with Crippen LogP contribution in [0.3, 0.4) is 0 Å². The number of carboxylic acids is 1. The summed E-state index contributed by atoms with van der Waals surface area (Å²) in [6, 6.07) is 7.45. The summed E-state index contributed by atoms with van der Waals surface area (Å²) < 4.78 is 0. The fraction of sp³-hybridized carbons (Fsp3) is 0.250. The predicted octanol–water partition coefficient (Wildman–Crippen LogP) is 2.41. The topological polar surface area (TPSA) is 57.6 Å². The Morgan fingerprint density at radius 2 is 2.05 bits per heavy atom. The van der Waals surface area contributed by atoms with Crippen molar-refractivity contribution < 1.29 is 14.7 Å². The van der Waals surface area contributed by atoms with E-state index in [2.05, 4.69) is 0 Å². The fourth-order valence-electron chi connectivity index (χ4n) is 2.31. The maximum Gasteiger partial charge on any atom is 0.308 e. The van der Waals surface area contributed by atoms with Crippen LogP contribution in [-0.4, -0.2) is 23.5 Å². The summed E-state index contributed by atoms with van der Waals surface area (Å²) in [5, 5.41) is 9.21. The third-order valence-corrected chi connectivity index (χ3v) is 3.31. The van der Waals surface area contributed by atoms with Crippen LogP contribution in [0.2, 0.25) is 0 Å². The van der Waals surface area contributed by atoms with E-state index in [0.717, 1.165) is 11.3 Å². The van der Waals surface area contributed by atoms with Crippen LogP contribution in [-0.2, 0) is 16.0 Å². The van der Waals surface area contributed by atoms with Gasteiger partial charge < -0.3 is 10.0 Å². The highest BCUT2D eigenvalue weighted by Crippen LogP contribution is 2.29. The van der Waals surface area contributed by atoms with Gasteiger partial charge in [-0.15, -0.1) is 0 Å². The normalized spacial score (nSPS) is 18.4. The predicted molar refractivity (Wildman–Crippen MR) is 77.6 cm³/mol. The summed E-state index contributed by atoms with van der Waals surface area (Å²) >= 11 is 0. The molecule has 0 saturated carbocycles. The molecule has 1 aromatic rings. The molecule has 0 fully saturated rings. The minimum Gasteiger partial charge on any atom is -0.481 e. The number of anilines is 1. The molecule has 1 heterocycles. The smallest absolute Gasteiger partial charge is 0.308 e. The second-order valence-electron chi connectivity index (χ2n) is 4.70. The Morgan fingerprint density at radius 1 is 1.30 bits per heavy atom. The van der Waals surface area contributed by atoms with E-state index in [1.807, 2.05) is 37.3 Å². The van der Waals surface area contributed by atoms with Crippen molar-refractivity contribution in [2.75, 3.05) is 11.4 Å². The summed E-state index contributed by atoms with van der Waals surface area (Å²) in [6.45, 7) is 2.08. The summed E-state index contributed by atoms with van der Waals surface area (Å²) in [4.78, 5) is 25.0. The molecule has 4 heteroatoms. The van der Waals surface area contributed by atoms with Gasteiger partial charge in [-0.1, -0.05) is 36.4 Å². The quantitative estimate of drug-likeness (QED) is 0.678. The number of hydrogen-bond donors (Lipinski definition) is 1. The van der Waals surface area contributed by atoms with Gasteiger partial charge >= 0.3 is 5.97 Å². The maximum atomic E-state index is 12.2. The van der Waals surface area contributed by atoms with E-state index < -0.39 is 11.9 Å². The Hall–Kier alpha value is -2.36. The molecule has 20 heavy (non-hydrogen) atoms. The molecule has 0 aromatic heterocycles. The Morgan fingerprint density at radius 3 is 2.75 bits per heavy atom. The van der Waals surface area contributed by atoms with Crippen LogP contribution < -0.4 is 4.90 Å². The van der Waals surface area contributed by atoms with Crippen LogP contribution in [0.5, 0.6) is 0 Å². The van der Waals surface area contributed by atoms with Gasteiger partial charge in [-0.2, -0.15) is 0 Å². The van der Waals surface area contributed by atoms with Gasteiger partial charge in [-0.3, -0.25) is 9.59 Å². The highest BCUT2D eigenvalue weighted by molar-refractivity contribution is 6.03. The molecule has 0 spiro atoms. The molecular formula is C16H17NO3. The first-order valence-corrected chi connectivity index (χ1v) is 6.55. The Labute approximate surface area is 118 Å². The molecule has 104 valence electrons. The number of nitrogens with zero attached hydrogens (tertiary/aromatic N) is 1. The standard InChI is InChI=1S/C16H17NO3/c1-2-3-4-9-15(18)17-11-13(16(19)20)10-12-7-5-6-8-14(12)17/h2-9,13H,10-11H2,1H3,(H,19,20). The SMILES string of the molecule is CC=CC=CC(=O)N1CC(C(=O)O)Cc2ccccc21. The zero-order chi connectivity index (χ0) is 14.5. The number of carbonyl (C=O) groups excluding carboxylic acids is 1. The number of carbonyl (C=O) groups is 2. The van der Waals surface area contributed by atoms with Crippen molar-refractivity contribution >= 4 is 17.6 Å². The summed E-state index contributed by atoms with van der Waals surface area (Å²) in [5.74, 6) is -1.61. The van der Waals surface area contributed by atoms with Crippen LogP contribution in [0.15, 0.2) is 48.6 Å². The van der Waals surface area contributed by atoms with Gasteiger partial charge in [0, 0.05) is 18.3 Å². The van der Waals surface area contributed by atoms with E-state index in [1.54, 1.807) is 12.2 Å².